The molecule has 2 aromatic carbocycles. The van der Waals surface area contributed by atoms with Gasteiger partial charge in [0.1, 0.15) is 10.9 Å². The van der Waals surface area contributed by atoms with Gasteiger partial charge in [-0.1, -0.05) is 35.3 Å². The van der Waals surface area contributed by atoms with Crippen LogP contribution < -0.4 is 15.4 Å². The molecule has 2 aromatic rings. The van der Waals surface area contributed by atoms with Gasteiger partial charge in [-0.05, 0) is 44.2 Å². The van der Waals surface area contributed by atoms with E-state index in [0.717, 1.165) is 6.07 Å². The molecule has 2 rings (SSSR count). The molecule has 0 radical (unpaired) electrons. The first-order valence-corrected chi connectivity index (χ1v) is 10.5. The summed E-state index contributed by atoms with van der Waals surface area (Å²) in [6.07, 6.45) is 0. The normalized spacial score (nSPS) is 12.1. The zero-order valence-electron chi connectivity index (χ0n) is 15.1. The Bertz CT molecular complexity index is 996. The van der Waals surface area contributed by atoms with Gasteiger partial charge in [0, 0.05) is 12.1 Å². The zero-order valence-corrected chi connectivity index (χ0v) is 17.5. The summed E-state index contributed by atoms with van der Waals surface area (Å²) in [6, 6.07) is 9.34. The maximum absolute atomic E-state index is 12.7. The monoisotopic (exact) mass is 443 g/mol. The highest BCUT2D eigenvalue weighted by Crippen LogP contribution is 2.28. The molecule has 0 saturated carbocycles. The minimum absolute atomic E-state index is 0.0417. The second kappa shape index (κ2) is 9.27. The summed E-state index contributed by atoms with van der Waals surface area (Å²) < 4.78 is 27.8. The molecular weight excluding hydrogens is 425 g/mol. The number of carbonyl (C=O) groups is 2. The fourth-order valence-electron chi connectivity index (χ4n) is 2.27. The maximum atomic E-state index is 12.7. The van der Waals surface area contributed by atoms with Crippen LogP contribution in [0.5, 0.6) is 0 Å². The summed E-state index contributed by atoms with van der Waals surface area (Å²) >= 11 is 12.0. The second-order valence-corrected chi connectivity index (χ2v) is 8.29. The molecule has 0 aliphatic heterocycles. The molecule has 28 heavy (non-hydrogen) atoms. The standard InChI is InChI=1S/C18H19Cl2N3O4S/c1-3-21-17(24)11(2)22-18(25)12-8-9-14(20)16(10-12)28(26,27)23-15-7-5-4-6-13(15)19/h4-11,23H,3H2,1-2H3,(H,21,24)(H,22,25)/t11-/m0/s1. The third-order valence-electron chi connectivity index (χ3n) is 3.69. The van der Waals surface area contributed by atoms with Gasteiger partial charge in [-0.15, -0.1) is 0 Å². The van der Waals surface area contributed by atoms with Crippen LogP contribution in [0.25, 0.3) is 0 Å². The Kier molecular flexibility index (Phi) is 7.29. The molecule has 1 atom stereocenters. The van der Waals surface area contributed by atoms with Crippen molar-refractivity contribution in [3.8, 4) is 0 Å². The molecule has 0 aliphatic carbocycles. The summed E-state index contributed by atoms with van der Waals surface area (Å²) in [5, 5.41) is 5.25. The lowest BCUT2D eigenvalue weighted by Gasteiger charge is -2.15. The number of rotatable bonds is 7. The van der Waals surface area contributed by atoms with Crippen molar-refractivity contribution in [3.05, 3.63) is 58.1 Å². The first kappa shape index (κ1) is 22.0. The topological polar surface area (TPSA) is 104 Å². The van der Waals surface area contributed by atoms with Crippen LogP contribution in [-0.2, 0) is 14.8 Å². The number of hydrogen-bond acceptors (Lipinski definition) is 4. The van der Waals surface area contributed by atoms with Crippen molar-refractivity contribution in [1.82, 2.24) is 10.6 Å². The Labute approximate surface area is 173 Å². The summed E-state index contributed by atoms with van der Waals surface area (Å²) in [4.78, 5) is 23.9. The molecule has 0 fully saturated rings. The number of halogens is 2. The van der Waals surface area contributed by atoms with E-state index in [2.05, 4.69) is 15.4 Å². The van der Waals surface area contributed by atoms with Crippen molar-refractivity contribution in [1.29, 1.82) is 0 Å². The van der Waals surface area contributed by atoms with Crippen molar-refractivity contribution in [2.24, 2.45) is 0 Å². The van der Waals surface area contributed by atoms with Gasteiger partial charge >= 0.3 is 0 Å². The minimum atomic E-state index is -4.10. The molecule has 10 heteroatoms. The van der Waals surface area contributed by atoms with Gasteiger partial charge in [0.05, 0.1) is 15.7 Å². The van der Waals surface area contributed by atoms with Crippen LogP contribution >= 0.6 is 23.2 Å². The third-order valence-corrected chi connectivity index (χ3v) is 5.87. The molecule has 0 spiro atoms. The number of para-hydroxylation sites is 1. The first-order valence-electron chi connectivity index (χ1n) is 8.31. The molecular formula is C18H19Cl2N3O4S. The van der Waals surface area contributed by atoms with E-state index < -0.39 is 22.0 Å². The molecule has 0 saturated heterocycles. The van der Waals surface area contributed by atoms with Crippen LogP contribution in [0.1, 0.15) is 24.2 Å². The quantitative estimate of drug-likeness (QED) is 0.611. The summed E-state index contributed by atoms with van der Waals surface area (Å²) in [5.74, 6) is -0.956. The van der Waals surface area contributed by atoms with E-state index in [-0.39, 0.29) is 32.1 Å². The summed E-state index contributed by atoms with van der Waals surface area (Å²) in [7, 11) is -4.10. The molecule has 7 nitrogen and oxygen atoms in total. The van der Waals surface area contributed by atoms with E-state index in [1.807, 2.05) is 0 Å². The number of hydrogen-bond donors (Lipinski definition) is 3. The predicted molar refractivity (Wildman–Crippen MR) is 109 cm³/mol. The van der Waals surface area contributed by atoms with Crippen molar-refractivity contribution >= 4 is 50.7 Å². The lowest BCUT2D eigenvalue weighted by molar-refractivity contribution is -0.122. The van der Waals surface area contributed by atoms with Gasteiger partial charge in [-0.25, -0.2) is 8.42 Å². The fraction of sp³-hybridized carbons (Fsp3) is 0.222. The zero-order chi connectivity index (χ0) is 20.9. The van der Waals surface area contributed by atoms with Crippen LogP contribution in [0.3, 0.4) is 0 Å². The molecule has 2 amide bonds. The highest BCUT2D eigenvalue weighted by atomic mass is 35.5. The third kappa shape index (κ3) is 5.37. The smallest absolute Gasteiger partial charge is 0.263 e. The Morgan fingerprint density at radius 2 is 1.75 bits per heavy atom. The Balaban J connectivity index is 2.28. The van der Waals surface area contributed by atoms with Crippen molar-refractivity contribution in [2.45, 2.75) is 24.8 Å². The van der Waals surface area contributed by atoms with Gasteiger partial charge in [-0.2, -0.15) is 0 Å². The highest BCUT2D eigenvalue weighted by molar-refractivity contribution is 7.92. The molecule has 0 aromatic heterocycles. The number of nitrogens with one attached hydrogen (secondary N) is 3. The number of anilines is 1. The SMILES string of the molecule is CCNC(=O)[C@H](C)NC(=O)c1ccc(Cl)c(S(=O)(=O)Nc2ccccc2Cl)c1. The number of carbonyl (C=O) groups excluding carboxylic acids is 2. The Morgan fingerprint density at radius 1 is 1.07 bits per heavy atom. The molecule has 0 aliphatic rings. The molecule has 150 valence electrons. The van der Waals surface area contributed by atoms with Crippen LogP contribution in [0.4, 0.5) is 5.69 Å². The first-order chi connectivity index (χ1) is 13.2. The molecule has 0 unspecified atom stereocenters. The van der Waals surface area contributed by atoms with Crippen LogP contribution in [0.2, 0.25) is 10.0 Å². The van der Waals surface area contributed by atoms with Gasteiger partial charge in [0.25, 0.3) is 15.9 Å². The van der Waals surface area contributed by atoms with E-state index in [4.69, 9.17) is 23.2 Å². The predicted octanol–water partition coefficient (Wildman–Crippen LogP) is 3.05. The van der Waals surface area contributed by atoms with Crippen LogP contribution in [-0.4, -0.2) is 32.8 Å². The van der Waals surface area contributed by atoms with Crippen LogP contribution in [0, 0.1) is 0 Å². The summed E-state index contributed by atoms with van der Waals surface area (Å²) in [5.41, 5.74) is 0.222. The van der Waals surface area contributed by atoms with E-state index in [9.17, 15) is 18.0 Å². The van der Waals surface area contributed by atoms with E-state index >= 15 is 0 Å². The number of amides is 2. The molecule has 3 N–H and O–H groups in total. The van der Waals surface area contributed by atoms with Crippen molar-refractivity contribution < 1.29 is 18.0 Å². The fourth-order valence-corrected chi connectivity index (χ4v) is 4.11. The maximum Gasteiger partial charge on any atom is 0.263 e. The van der Waals surface area contributed by atoms with E-state index in [0.29, 0.717) is 6.54 Å². The average Bonchev–Trinajstić information content (AvgIpc) is 2.63. The van der Waals surface area contributed by atoms with E-state index in [1.54, 1.807) is 19.1 Å². The Morgan fingerprint density at radius 3 is 2.39 bits per heavy atom. The van der Waals surface area contributed by atoms with Gasteiger partial charge in [0.15, 0.2) is 0 Å². The number of likely N-dealkylation sites (N-methyl/N-ethyl adjacent to an activating group) is 1. The molecule has 0 bridgehead atoms. The van der Waals surface area contributed by atoms with Crippen LogP contribution in [0.15, 0.2) is 47.4 Å². The lowest BCUT2D eigenvalue weighted by Crippen LogP contribution is -2.44. The lowest BCUT2D eigenvalue weighted by atomic mass is 10.2. The Hall–Kier alpha value is -2.29. The van der Waals surface area contributed by atoms with Crippen molar-refractivity contribution in [3.63, 3.8) is 0 Å². The second-order valence-electron chi connectivity index (χ2n) is 5.82. The summed E-state index contributed by atoms with van der Waals surface area (Å²) in [6.45, 7) is 3.71. The highest BCUT2D eigenvalue weighted by Gasteiger charge is 2.22. The molecule has 0 heterocycles. The minimum Gasteiger partial charge on any atom is -0.355 e. The van der Waals surface area contributed by atoms with E-state index in [1.165, 1.54) is 31.2 Å². The van der Waals surface area contributed by atoms with Gasteiger partial charge in [0.2, 0.25) is 5.91 Å². The number of benzene rings is 2. The van der Waals surface area contributed by atoms with Gasteiger partial charge < -0.3 is 10.6 Å². The van der Waals surface area contributed by atoms with Gasteiger partial charge in [-0.3, -0.25) is 14.3 Å². The largest absolute Gasteiger partial charge is 0.355 e. The average molecular weight is 444 g/mol. The van der Waals surface area contributed by atoms with Crippen molar-refractivity contribution in [2.75, 3.05) is 11.3 Å². The number of sulfonamides is 1.